The maximum absolute atomic E-state index is 5.75. The highest BCUT2D eigenvalue weighted by atomic mass is 127. The molecule has 0 atom stereocenters. The minimum Gasteiger partial charge on any atom is -0.381 e. The summed E-state index contributed by atoms with van der Waals surface area (Å²) in [6.07, 6.45) is 3.28. The summed E-state index contributed by atoms with van der Waals surface area (Å²) in [5.74, 6) is 1.56. The molecule has 1 aliphatic rings. The maximum Gasteiger partial charge on any atom is 0.191 e. The number of guanidine groups is 1. The molecule has 0 unspecified atom stereocenters. The van der Waals surface area contributed by atoms with Gasteiger partial charge < -0.3 is 25.0 Å². The predicted octanol–water partition coefficient (Wildman–Crippen LogP) is 1.55. The summed E-state index contributed by atoms with van der Waals surface area (Å²) in [5.41, 5.74) is 0. The number of rotatable bonds is 10. The lowest BCUT2D eigenvalue weighted by Gasteiger charge is -2.21. The van der Waals surface area contributed by atoms with E-state index in [-0.39, 0.29) is 24.0 Å². The molecule has 0 aliphatic carbocycles. The van der Waals surface area contributed by atoms with Crippen LogP contribution in [0.3, 0.4) is 0 Å². The Morgan fingerprint density at radius 3 is 2.61 bits per heavy atom. The van der Waals surface area contributed by atoms with Gasteiger partial charge in [0.05, 0.1) is 0 Å². The highest BCUT2D eigenvalue weighted by Crippen LogP contribution is 2.14. The first-order valence-electron chi connectivity index (χ1n) is 8.54. The third-order valence-electron chi connectivity index (χ3n) is 4.00. The second-order valence-corrected chi connectivity index (χ2v) is 5.81. The van der Waals surface area contributed by atoms with E-state index >= 15 is 0 Å². The third kappa shape index (κ3) is 12.0. The van der Waals surface area contributed by atoms with E-state index in [1.807, 2.05) is 0 Å². The summed E-state index contributed by atoms with van der Waals surface area (Å²) >= 11 is 0. The second-order valence-electron chi connectivity index (χ2n) is 5.81. The summed E-state index contributed by atoms with van der Waals surface area (Å²) in [4.78, 5) is 6.49. The number of ether oxygens (including phenoxy) is 2. The Morgan fingerprint density at radius 2 is 1.96 bits per heavy atom. The molecule has 0 aromatic heterocycles. The van der Waals surface area contributed by atoms with Crippen LogP contribution in [0.2, 0.25) is 0 Å². The fraction of sp³-hybridized carbons (Fsp3) is 0.938. The molecule has 0 amide bonds. The molecule has 0 aromatic rings. The molecule has 0 radical (unpaired) electrons. The number of nitrogens with zero attached hydrogens (tertiary/aromatic N) is 2. The topological polar surface area (TPSA) is 58.1 Å². The molecule has 6 nitrogen and oxygen atoms in total. The van der Waals surface area contributed by atoms with Crippen LogP contribution in [0, 0.1) is 5.92 Å². The molecule has 1 fully saturated rings. The Morgan fingerprint density at radius 1 is 1.26 bits per heavy atom. The van der Waals surface area contributed by atoms with Crippen LogP contribution in [0.1, 0.15) is 26.2 Å². The molecular formula is C16H35IN4O2. The molecule has 2 N–H and O–H groups in total. The smallest absolute Gasteiger partial charge is 0.191 e. The van der Waals surface area contributed by atoms with E-state index in [0.29, 0.717) is 5.92 Å². The van der Waals surface area contributed by atoms with E-state index < -0.39 is 0 Å². The lowest BCUT2D eigenvalue weighted by molar-refractivity contribution is 0.0203. The molecular weight excluding hydrogens is 407 g/mol. The van der Waals surface area contributed by atoms with Crippen LogP contribution in [0.25, 0.3) is 0 Å². The standard InChI is InChI=1S/C16H34N4O2.HI/c1-4-20(3)10-9-19-16(17-2)18-8-5-11-22-14-15-6-12-21-13-7-15;/h15H,4-14H2,1-3H3,(H2,17,18,19);1H. The quantitative estimate of drug-likeness (QED) is 0.233. The molecule has 1 aliphatic heterocycles. The van der Waals surface area contributed by atoms with Gasteiger partial charge in [0, 0.05) is 53.1 Å². The average Bonchev–Trinajstić information content (AvgIpc) is 2.56. The fourth-order valence-corrected chi connectivity index (χ4v) is 2.29. The van der Waals surface area contributed by atoms with Crippen molar-refractivity contribution in [1.82, 2.24) is 15.5 Å². The van der Waals surface area contributed by atoms with Crippen molar-refractivity contribution in [3.8, 4) is 0 Å². The minimum atomic E-state index is 0. The number of hydrogen-bond donors (Lipinski definition) is 2. The van der Waals surface area contributed by atoms with Gasteiger partial charge in [-0.15, -0.1) is 24.0 Å². The fourth-order valence-electron chi connectivity index (χ4n) is 2.29. The SMILES string of the molecule is CCN(C)CCNC(=NC)NCCCOCC1CCOCC1.I. The first-order chi connectivity index (χ1) is 10.8. The van der Waals surface area contributed by atoms with Crippen LogP contribution in [0.15, 0.2) is 4.99 Å². The molecule has 0 spiro atoms. The molecule has 1 heterocycles. The minimum absolute atomic E-state index is 0. The summed E-state index contributed by atoms with van der Waals surface area (Å²) in [5, 5.41) is 6.64. The van der Waals surface area contributed by atoms with Gasteiger partial charge in [-0.3, -0.25) is 4.99 Å². The largest absolute Gasteiger partial charge is 0.381 e. The number of likely N-dealkylation sites (N-methyl/N-ethyl adjacent to an activating group) is 1. The Hall–Kier alpha value is -0.120. The van der Waals surface area contributed by atoms with Crippen molar-refractivity contribution in [2.24, 2.45) is 10.9 Å². The van der Waals surface area contributed by atoms with Crippen molar-refractivity contribution >= 4 is 29.9 Å². The Labute approximate surface area is 158 Å². The van der Waals surface area contributed by atoms with E-state index in [2.05, 4.69) is 34.5 Å². The first kappa shape index (κ1) is 22.9. The zero-order valence-electron chi connectivity index (χ0n) is 15.0. The van der Waals surface area contributed by atoms with E-state index in [1.54, 1.807) is 7.05 Å². The van der Waals surface area contributed by atoms with Crippen LogP contribution < -0.4 is 10.6 Å². The van der Waals surface area contributed by atoms with Crippen LogP contribution >= 0.6 is 24.0 Å². The van der Waals surface area contributed by atoms with Crippen molar-refractivity contribution < 1.29 is 9.47 Å². The van der Waals surface area contributed by atoms with E-state index in [9.17, 15) is 0 Å². The van der Waals surface area contributed by atoms with Crippen molar-refractivity contribution in [3.05, 3.63) is 0 Å². The van der Waals surface area contributed by atoms with Gasteiger partial charge >= 0.3 is 0 Å². The van der Waals surface area contributed by atoms with Crippen LogP contribution in [0.5, 0.6) is 0 Å². The summed E-state index contributed by atoms with van der Waals surface area (Å²) < 4.78 is 11.1. The van der Waals surface area contributed by atoms with Gasteiger partial charge in [0.25, 0.3) is 0 Å². The number of hydrogen-bond acceptors (Lipinski definition) is 4. The van der Waals surface area contributed by atoms with Gasteiger partial charge in [-0.25, -0.2) is 0 Å². The van der Waals surface area contributed by atoms with Crippen molar-refractivity contribution in [1.29, 1.82) is 0 Å². The van der Waals surface area contributed by atoms with Gasteiger partial charge in [0.15, 0.2) is 5.96 Å². The molecule has 138 valence electrons. The first-order valence-corrected chi connectivity index (χ1v) is 8.54. The van der Waals surface area contributed by atoms with Gasteiger partial charge in [-0.05, 0) is 38.8 Å². The molecule has 1 saturated heterocycles. The highest BCUT2D eigenvalue weighted by Gasteiger charge is 2.13. The summed E-state index contributed by atoms with van der Waals surface area (Å²) in [6.45, 7) is 9.51. The van der Waals surface area contributed by atoms with E-state index in [0.717, 1.165) is 77.8 Å². The lowest BCUT2D eigenvalue weighted by Crippen LogP contribution is -2.41. The number of nitrogens with one attached hydrogen (secondary N) is 2. The third-order valence-corrected chi connectivity index (χ3v) is 4.00. The molecule has 0 saturated carbocycles. The van der Waals surface area contributed by atoms with Crippen LogP contribution in [-0.2, 0) is 9.47 Å². The van der Waals surface area contributed by atoms with Gasteiger partial charge in [0.1, 0.15) is 0 Å². The lowest BCUT2D eigenvalue weighted by atomic mass is 10.0. The van der Waals surface area contributed by atoms with Crippen molar-refractivity contribution in [3.63, 3.8) is 0 Å². The second kappa shape index (κ2) is 15.4. The molecule has 23 heavy (non-hydrogen) atoms. The Balaban J connectivity index is 0.00000484. The molecule has 7 heteroatoms. The molecule has 1 rings (SSSR count). The van der Waals surface area contributed by atoms with Gasteiger partial charge in [-0.1, -0.05) is 6.92 Å². The zero-order valence-corrected chi connectivity index (χ0v) is 17.3. The van der Waals surface area contributed by atoms with Crippen molar-refractivity contribution in [2.45, 2.75) is 26.2 Å². The normalized spacial score (nSPS) is 16.3. The Kier molecular flexibility index (Phi) is 15.3. The van der Waals surface area contributed by atoms with Crippen molar-refractivity contribution in [2.75, 3.05) is 66.7 Å². The van der Waals surface area contributed by atoms with E-state index in [4.69, 9.17) is 9.47 Å². The monoisotopic (exact) mass is 442 g/mol. The number of aliphatic imine (C=N–C) groups is 1. The average molecular weight is 442 g/mol. The number of halogens is 1. The summed E-state index contributed by atoms with van der Waals surface area (Å²) in [6, 6.07) is 0. The molecule has 0 aromatic carbocycles. The van der Waals surface area contributed by atoms with Crippen LogP contribution in [-0.4, -0.2) is 77.6 Å². The summed E-state index contributed by atoms with van der Waals surface area (Å²) in [7, 11) is 3.92. The zero-order chi connectivity index (χ0) is 16.0. The predicted molar refractivity (Wildman–Crippen MR) is 107 cm³/mol. The van der Waals surface area contributed by atoms with E-state index in [1.165, 1.54) is 0 Å². The van der Waals surface area contributed by atoms with Crippen LogP contribution in [0.4, 0.5) is 0 Å². The maximum atomic E-state index is 5.75. The van der Waals surface area contributed by atoms with Gasteiger partial charge in [-0.2, -0.15) is 0 Å². The Bertz CT molecular complexity index is 300. The van der Waals surface area contributed by atoms with Gasteiger partial charge in [0.2, 0.25) is 0 Å². The highest BCUT2D eigenvalue weighted by molar-refractivity contribution is 14.0. The molecule has 0 bridgehead atoms.